The van der Waals surface area contributed by atoms with Crippen molar-refractivity contribution in [3.05, 3.63) is 0 Å². The molecule has 2 aliphatic rings. The van der Waals surface area contributed by atoms with Crippen LogP contribution in [-0.2, 0) is 19.4 Å². The molecule has 0 aromatic carbocycles. The Morgan fingerprint density at radius 1 is 1.10 bits per heavy atom. The molecular formula is C13H22N2O4S. The van der Waals surface area contributed by atoms with Crippen LogP contribution in [0.25, 0.3) is 0 Å². The average molecular weight is 302 g/mol. The predicted molar refractivity (Wildman–Crippen MR) is 74.8 cm³/mol. The van der Waals surface area contributed by atoms with E-state index in [1.807, 2.05) is 0 Å². The van der Waals surface area contributed by atoms with Crippen LogP contribution in [0.1, 0.15) is 38.5 Å². The molecule has 0 aromatic rings. The van der Waals surface area contributed by atoms with Crippen molar-refractivity contribution in [2.75, 3.05) is 18.6 Å². The standard InChI is InChI=1S/C13H22N2O4S/c1-15(11-7-8-20(18,19)9-11)13(17)12(16)14-10-5-3-2-4-6-10/h10-11H,2-9H2,1H3,(H,14,16). The highest BCUT2D eigenvalue weighted by Crippen LogP contribution is 2.18. The van der Waals surface area contributed by atoms with Gasteiger partial charge in [-0.1, -0.05) is 19.3 Å². The van der Waals surface area contributed by atoms with Crippen LogP contribution in [-0.4, -0.2) is 55.8 Å². The molecule has 2 fully saturated rings. The highest BCUT2D eigenvalue weighted by molar-refractivity contribution is 7.91. The summed E-state index contributed by atoms with van der Waals surface area (Å²) in [7, 11) is -1.54. The molecule has 1 saturated heterocycles. The lowest BCUT2D eigenvalue weighted by molar-refractivity contribution is -0.146. The van der Waals surface area contributed by atoms with E-state index in [1.165, 1.54) is 18.4 Å². The molecule has 114 valence electrons. The number of nitrogens with zero attached hydrogens (tertiary/aromatic N) is 1. The van der Waals surface area contributed by atoms with Gasteiger partial charge in [0.05, 0.1) is 11.5 Å². The van der Waals surface area contributed by atoms with Crippen molar-refractivity contribution in [1.82, 2.24) is 10.2 Å². The van der Waals surface area contributed by atoms with Crippen molar-refractivity contribution in [1.29, 1.82) is 0 Å². The first-order chi connectivity index (χ1) is 9.39. The highest BCUT2D eigenvalue weighted by atomic mass is 32.2. The molecule has 1 aliphatic heterocycles. The second-order valence-corrected chi connectivity index (χ2v) is 8.01. The van der Waals surface area contributed by atoms with Gasteiger partial charge in [0.2, 0.25) is 0 Å². The molecular weight excluding hydrogens is 280 g/mol. The van der Waals surface area contributed by atoms with Gasteiger partial charge < -0.3 is 10.2 Å². The minimum Gasteiger partial charge on any atom is -0.345 e. The molecule has 1 heterocycles. The molecule has 7 heteroatoms. The molecule has 0 aromatic heterocycles. The van der Waals surface area contributed by atoms with Crippen LogP contribution >= 0.6 is 0 Å². The summed E-state index contributed by atoms with van der Waals surface area (Å²) in [6.07, 6.45) is 5.59. The maximum Gasteiger partial charge on any atom is 0.311 e. The summed E-state index contributed by atoms with van der Waals surface area (Å²) in [6.45, 7) is 0. The Balaban J connectivity index is 1.88. The van der Waals surface area contributed by atoms with Crippen LogP contribution in [0.3, 0.4) is 0 Å². The van der Waals surface area contributed by atoms with Gasteiger partial charge in [-0.2, -0.15) is 0 Å². The Morgan fingerprint density at radius 2 is 1.75 bits per heavy atom. The van der Waals surface area contributed by atoms with E-state index < -0.39 is 21.7 Å². The molecule has 0 spiro atoms. The molecule has 6 nitrogen and oxygen atoms in total. The van der Waals surface area contributed by atoms with Crippen LogP contribution < -0.4 is 5.32 Å². The lowest BCUT2D eigenvalue weighted by atomic mass is 9.95. The zero-order valence-electron chi connectivity index (χ0n) is 11.8. The third-order valence-corrected chi connectivity index (χ3v) is 5.96. The summed E-state index contributed by atoms with van der Waals surface area (Å²) in [6, 6.07) is -0.287. The van der Waals surface area contributed by atoms with Crippen molar-refractivity contribution >= 4 is 21.7 Å². The van der Waals surface area contributed by atoms with Gasteiger partial charge in [-0.3, -0.25) is 9.59 Å². The number of amides is 2. The normalized spacial score (nSPS) is 26.1. The summed E-state index contributed by atoms with van der Waals surface area (Å²) in [5.74, 6) is -1.17. The summed E-state index contributed by atoms with van der Waals surface area (Å²) in [5, 5.41) is 2.76. The van der Waals surface area contributed by atoms with E-state index >= 15 is 0 Å². The van der Waals surface area contributed by atoms with E-state index in [0.717, 1.165) is 25.7 Å². The van der Waals surface area contributed by atoms with Gasteiger partial charge >= 0.3 is 11.8 Å². The molecule has 1 aliphatic carbocycles. The molecule has 0 radical (unpaired) electrons. The van der Waals surface area contributed by atoms with Crippen LogP contribution in [0, 0.1) is 0 Å². The molecule has 2 rings (SSSR count). The van der Waals surface area contributed by atoms with Crippen molar-refractivity contribution in [3.63, 3.8) is 0 Å². The fourth-order valence-corrected chi connectivity index (χ4v) is 4.68. The van der Waals surface area contributed by atoms with Crippen LogP contribution in [0.15, 0.2) is 0 Å². The molecule has 20 heavy (non-hydrogen) atoms. The number of hydrogen-bond donors (Lipinski definition) is 1. The van der Waals surface area contributed by atoms with E-state index in [9.17, 15) is 18.0 Å². The predicted octanol–water partition coefficient (Wildman–Crippen LogP) is 0.0808. The lowest BCUT2D eigenvalue weighted by Crippen LogP contribution is -2.49. The SMILES string of the molecule is CN(C(=O)C(=O)NC1CCCCC1)C1CCS(=O)(=O)C1. The fraction of sp³-hybridized carbons (Fsp3) is 0.846. The smallest absolute Gasteiger partial charge is 0.311 e. The molecule has 1 atom stereocenters. The van der Waals surface area contributed by atoms with Gasteiger partial charge in [-0.05, 0) is 19.3 Å². The van der Waals surface area contributed by atoms with E-state index in [0.29, 0.717) is 6.42 Å². The second kappa shape index (κ2) is 6.11. The molecule has 2 amide bonds. The van der Waals surface area contributed by atoms with Gasteiger partial charge in [0.1, 0.15) is 0 Å². The van der Waals surface area contributed by atoms with Crippen LogP contribution in [0.5, 0.6) is 0 Å². The van der Waals surface area contributed by atoms with Gasteiger partial charge in [0.15, 0.2) is 9.84 Å². The number of carbonyl (C=O) groups is 2. The number of nitrogens with one attached hydrogen (secondary N) is 1. The zero-order valence-corrected chi connectivity index (χ0v) is 12.6. The number of rotatable bonds is 2. The second-order valence-electron chi connectivity index (χ2n) is 5.78. The average Bonchev–Trinajstić information content (AvgIpc) is 2.78. The lowest BCUT2D eigenvalue weighted by Gasteiger charge is -2.26. The topological polar surface area (TPSA) is 83.6 Å². The Hall–Kier alpha value is -1.11. The molecule has 1 saturated carbocycles. The van der Waals surface area contributed by atoms with E-state index in [2.05, 4.69) is 5.32 Å². The maximum absolute atomic E-state index is 12.0. The van der Waals surface area contributed by atoms with Crippen molar-refractivity contribution in [2.45, 2.75) is 50.6 Å². The summed E-state index contributed by atoms with van der Waals surface area (Å²) in [5.41, 5.74) is 0. The number of sulfone groups is 1. The zero-order chi connectivity index (χ0) is 14.8. The van der Waals surface area contributed by atoms with E-state index in [1.54, 1.807) is 0 Å². The minimum atomic E-state index is -3.05. The van der Waals surface area contributed by atoms with E-state index in [4.69, 9.17) is 0 Å². The first-order valence-electron chi connectivity index (χ1n) is 7.17. The summed E-state index contributed by atoms with van der Waals surface area (Å²) in [4.78, 5) is 25.2. The van der Waals surface area contributed by atoms with Crippen molar-refractivity contribution in [2.24, 2.45) is 0 Å². The van der Waals surface area contributed by atoms with Gasteiger partial charge in [-0.15, -0.1) is 0 Å². The van der Waals surface area contributed by atoms with Crippen LogP contribution in [0.4, 0.5) is 0 Å². The fourth-order valence-electron chi connectivity index (χ4n) is 2.90. The number of likely N-dealkylation sites (N-methyl/N-ethyl adjacent to an activating group) is 1. The number of hydrogen-bond acceptors (Lipinski definition) is 4. The quantitative estimate of drug-likeness (QED) is 0.732. The van der Waals surface area contributed by atoms with E-state index in [-0.39, 0.29) is 23.6 Å². The monoisotopic (exact) mass is 302 g/mol. The molecule has 1 unspecified atom stereocenters. The van der Waals surface area contributed by atoms with Crippen LogP contribution in [0.2, 0.25) is 0 Å². The van der Waals surface area contributed by atoms with Gasteiger partial charge in [0.25, 0.3) is 0 Å². The first-order valence-corrected chi connectivity index (χ1v) is 8.99. The van der Waals surface area contributed by atoms with Gasteiger partial charge in [0, 0.05) is 19.1 Å². The Kier molecular flexibility index (Phi) is 4.67. The number of carbonyl (C=O) groups excluding carboxylic acids is 2. The Labute approximate surface area is 119 Å². The van der Waals surface area contributed by atoms with Gasteiger partial charge in [-0.25, -0.2) is 8.42 Å². The first kappa shape index (κ1) is 15.3. The third kappa shape index (κ3) is 3.71. The molecule has 0 bridgehead atoms. The third-order valence-electron chi connectivity index (χ3n) is 4.21. The van der Waals surface area contributed by atoms with Crippen molar-refractivity contribution in [3.8, 4) is 0 Å². The Morgan fingerprint density at radius 3 is 2.30 bits per heavy atom. The summed E-state index contributed by atoms with van der Waals surface area (Å²) >= 11 is 0. The summed E-state index contributed by atoms with van der Waals surface area (Å²) < 4.78 is 22.8. The Bertz CT molecular complexity index is 483. The largest absolute Gasteiger partial charge is 0.345 e. The minimum absolute atomic E-state index is 0.0358. The molecule has 1 N–H and O–H groups in total. The van der Waals surface area contributed by atoms with Crippen molar-refractivity contribution < 1.29 is 18.0 Å². The highest BCUT2D eigenvalue weighted by Gasteiger charge is 2.35. The maximum atomic E-state index is 12.0.